The minimum atomic E-state index is 0.318. The number of thiophene rings is 1. The Bertz CT molecular complexity index is 496. The van der Waals surface area contributed by atoms with Crippen LogP contribution in [0.15, 0.2) is 38.7 Å². The smallest absolute Gasteiger partial charge is 0.0482 e. The molecular formula is C13H14Br2N2S. The second kappa shape index (κ2) is 6.80. The lowest BCUT2D eigenvalue weighted by Gasteiger charge is -2.16. The minimum absolute atomic E-state index is 0.318. The zero-order valence-electron chi connectivity index (χ0n) is 9.99. The molecule has 0 spiro atoms. The molecule has 2 rings (SSSR count). The van der Waals surface area contributed by atoms with E-state index in [0.717, 1.165) is 23.1 Å². The SMILES string of the molecule is CCNC(Cc1ccc(Br)cn1)c1sccc1Br. The third-order valence-corrected chi connectivity index (χ3v) is 5.07. The molecule has 2 heterocycles. The second-order valence-corrected chi connectivity index (χ2v) is 6.63. The summed E-state index contributed by atoms with van der Waals surface area (Å²) in [5.41, 5.74) is 1.10. The lowest BCUT2D eigenvalue weighted by atomic mass is 10.1. The maximum Gasteiger partial charge on any atom is 0.0482 e. The van der Waals surface area contributed by atoms with Crippen LogP contribution in [0.25, 0.3) is 0 Å². The van der Waals surface area contributed by atoms with Crippen molar-refractivity contribution in [2.75, 3.05) is 6.54 Å². The number of rotatable bonds is 5. The summed E-state index contributed by atoms with van der Waals surface area (Å²) in [7, 11) is 0. The van der Waals surface area contributed by atoms with Crippen LogP contribution in [0, 0.1) is 0 Å². The second-order valence-electron chi connectivity index (χ2n) is 3.91. The third-order valence-electron chi connectivity index (χ3n) is 2.61. The van der Waals surface area contributed by atoms with E-state index < -0.39 is 0 Å². The van der Waals surface area contributed by atoms with Crippen molar-refractivity contribution in [3.05, 3.63) is 49.3 Å². The molecule has 0 fully saturated rings. The highest BCUT2D eigenvalue weighted by molar-refractivity contribution is 9.10. The maximum atomic E-state index is 4.44. The number of nitrogens with one attached hydrogen (secondary N) is 1. The Kier molecular flexibility index (Phi) is 5.36. The van der Waals surface area contributed by atoms with Gasteiger partial charge in [-0.05, 0) is 62.0 Å². The highest BCUT2D eigenvalue weighted by atomic mass is 79.9. The Labute approximate surface area is 128 Å². The van der Waals surface area contributed by atoms with Gasteiger partial charge in [0.15, 0.2) is 0 Å². The molecule has 0 aliphatic rings. The van der Waals surface area contributed by atoms with Crippen molar-refractivity contribution in [2.45, 2.75) is 19.4 Å². The summed E-state index contributed by atoms with van der Waals surface area (Å²) in [6, 6.07) is 6.52. The summed E-state index contributed by atoms with van der Waals surface area (Å²) < 4.78 is 2.19. The summed E-state index contributed by atoms with van der Waals surface area (Å²) in [6.07, 6.45) is 2.75. The first kappa shape index (κ1) is 14.2. The van der Waals surface area contributed by atoms with Gasteiger partial charge in [-0.25, -0.2) is 0 Å². The highest BCUT2D eigenvalue weighted by Gasteiger charge is 2.16. The molecule has 1 atom stereocenters. The molecule has 0 amide bonds. The average Bonchev–Trinajstić information content (AvgIpc) is 2.78. The number of nitrogens with zero attached hydrogens (tertiary/aromatic N) is 1. The van der Waals surface area contributed by atoms with Crippen LogP contribution in [-0.2, 0) is 6.42 Å². The molecule has 2 aromatic heterocycles. The van der Waals surface area contributed by atoms with Crippen molar-refractivity contribution in [1.82, 2.24) is 10.3 Å². The fourth-order valence-electron chi connectivity index (χ4n) is 1.79. The van der Waals surface area contributed by atoms with Crippen LogP contribution >= 0.6 is 43.2 Å². The predicted molar refractivity (Wildman–Crippen MR) is 84.1 cm³/mol. The molecule has 1 unspecified atom stereocenters. The molecule has 2 nitrogen and oxygen atoms in total. The Balaban J connectivity index is 2.16. The first-order chi connectivity index (χ1) is 8.70. The van der Waals surface area contributed by atoms with Gasteiger partial charge in [0.1, 0.15) is 0 Å². The van der Waals surface area contributed by atoms with Gasteiger partial charge in [0.25, 0.3) is 0 Å². The standard InChI is InChI=1S/C13H14Br2N2S/c1-2-16-12(13-11(15)5-6-18-13)7-10-4-3-9(14)8-17-10/h3-6,8,12,16H,2,7H2,1H3. The molecule has 0 saturated carbocycles. The van der Waals surface area contributed by atoms with Gasteiger partial charge < -0.3 is 5.32 Å². The molecule has 0 radical (unpaired) electrons. The molecule has 5 heteroatoms. The largest absolute Gasteiger partial charge is 0.309 e. The van der Waals surface area contributed by atoms with Gasteiger partial charge in [0.2, 0.25) is 0 Å². The number of aromatic nitrogens is 1. The Hall–Kier alpha value is -0.230. The van der Waals surface area contributed by atoms with E-state index in [4.69, 9.17) is 0 Å². The third kappa shape index (κ3) is 3.63. The fourth-order valence-corrected chi connectivity index (χ4v) is 3.76. The van der Waals surface area contributed by atoms with Gasteiger partial charge in [-0.15, -0.1) is 11.3 Å². The van der Waals surface area contributed by atoms with Crippen molar-refractivity contribution in [1.29, 1.82) is 0 Å². The molecule has 96 valence electrons. The zero-order valence-corrected chi connectivity index (χ0v) is 14.0. The first-order valence-corrected chi connectivity index (χ1v) is 8.24. The monoisotopic (exact) mass is 388 g/mol. The molecule has 0 aliphatic heterocycles. The summed E-state index contributed by atoms with van der Waals surface area (Å²) in [5, 5.41) is 5.63. The van der Waals surface area contributed by atoms with Gasteiger partial charge in [-0.2, -0.15) is 0 Å². The molecule has 1 N–H and O–H groups in total. The van der Waals surface area contributed by atoms with E-state index in [9.17, 15) is 0 Å². The first-order valence-electron chi connectivity index (χ1n) is 5.77. The van der Waals surface area contributed by atoms with Gasteiger partial charge >= 0.3 is 0 Å². The predicted octanol–water partition coefficient (Wildman–Crippen LogP) is 4.56. The van der Waals surface area contributed by atoms with Crippen LogP contribution < -0.4 is 5.32 Å². The zero-order chi connectivity index (χ0) is 13.0. The Morgan fingerprint density at radius 2 is 2.17 bits per heavy atom. The lowest BCUT2D eigenvalue weighted by Crippen LogP contribution is -2.22. The van der Waals surface area contributed by atoms with Crippen LogP contribution in [0.2, 0.25) is 0 Å². The van der Waals surface area contributed by atoms with E-state index in [0.29, 0.717) is 6.04 Å². The average molecular weight is 390 g/mol. The van der Waals surface area contributed by atoms with E-state index in [2.05, 4.69) is 66.6 Å². The van der Waals surface area contributed by atoms with E-state index in [1.165, 1.54) is 9.35 Å². The van der Waals surface area contributed by atoms with Gasteiger partial charge in [0.05, 0.1) is 0 Å². The quantitative estimate of drug-likeness (QED) is 0.810. The van der Waals surface area contributed by atoms with Crippen LogP contribution in [-0.4, -0.2) is 11.5 Å². The van der Waals surface area contributed by atoms with Crippen molar-refractivity contribution in [3.63, 3.8) is 0 Å². The summed E-state index contributed by atoms with van der Waals surface area (Å²) in [6.45, 7) is 3.08. The maximum absolute atomic E-state index is 4.44. The topological polar surface area (TPSA) is 24.9 Å². The summed E-state index contributed by atoms with van der Waals surface area (Å²) >= 11 is 8.79. The van der Waals surface area contributed by atoms with E-state index >= 15 is 0 Å². The van der Waals surface area contributed by atoms with Crippen LogP contribution in [0.1, 0.15) is 23.5 Å². The van der Waals surface area contributed by atoms with Crippen LogP contribution in [0.3, 0.4) is 0 Å². The Morgan fingerprint density at radius 3 is 2.72 bits per heavy atom. The Morgan fingerprint density at radius 1 is 1.33 bits per heavy atom. The number of halogens is 2. The van der Waals surface area contributed by atoms with E-state index in [1.54, 1.807) is 11.3 Å². The number of likely N-dealkylation sites (N-methyl/N-ethyl adjacent to an activating group) is 1. The molecular weight excluding hydrogens is 376 g/mol. The number of hydrogen-bond donors (Lipinski definition) is 1. The normalized spacial score (nSPS) is 12.6. The molecule has 0 bridgehead atoms. The van der Waals surface area contributed by atoms with Crippen LogP contribution in [0.4, 0.5) is 0 Å². The summed E-state index contributed by atoms with van der Waals surface area (Å²) in [4.78, 5) is 5.78. The van der Waals surface area contributed by atoms with Crippen molar-refractivity contribution < 1.29 is 0 Å². The van der Waals surface area contributed by atoms with Crippen LogP contribution in [0.5, 0.6) is 0 Å². The van der Waals surface area contributed by atoms with E-state index in [-0.39, 0.29) is 0 Å². The van der Waals surface area contributed by atoms with Gasteiger partial charge in [-0.3, -0.25) is 4.98 Å². The summed E-state index contributed by atoms with van der Waals surface area (Å²) in [5.74, 6) is 0. The van der Waals surface area contributed by atoms with Gasteiger partial charge in [0, 0.05) is 38.2 Å². The molecule has 0 aromatic carbocycles. The molecule has 0 saturated heterocycles. The minimum Gasteiger partial charge on any atom is -0.309 e. The lowest BCUT2D eigenvalue weighted by molar-refractivity contribution is 0.550. The number of hydrogen-bond acceptors (Lipinski definition) is 3. The van der Waals surface area contributed by atoms with Crippen molar-refractivity contribution >= 4 is 43.2 Å². The van der Waals surface area contributed by atoms with Crippen molar-refractivity contribution in [3.8, 4) is 0 Å². The fraction of sp³-hybridized carbons (Fsp3) is 0.308. The highest BCUT2D eigenvalue weighted by Crippen LogP contribution is 2.30. The molecule has 0 aliphatic carbocycles. The van der Waals surface area contributed by atoms with E-state index in [1.807, 2.05) is 12.3 Å². The number of pyridine rings is 1. The molecule has 2 aromatic rings. The molecule has 18 heavy (non-hydrogen) atoms. The van der Waals surface area contributed by atoms with Gasteiger partial charge in [-0.1, -0.05) is 6.92 Å². The van der Waals surface area contributed by atoms with Crippen molar-refractivity contribution in [2.24, 2.45) is 0 Å².